The molecule has 0 aliphatic heterocycles. The molecule has 7 heteroatoms. The zero-order valence-corrected chi connectivity index (χ0v) is 13.0. The Hall–Kier alpha value is -2.18. The number of amidine groups is 1. The molecule has 1 heterocycles. The molecule has 21 heavy (non-hydrogen) atoms. The van der Waals surface area contributed by atoms with Crippen molar-refractivity contribution >= 4 is 11.7 Å². The number of hydrogen-bond acceptors (Lipinski definition) is 5. The van der Waals surface area contributed by atoms with Crippen molar-refractivity contribution in [1.82, 2.24) is 15.1 Å². The third-order valence-electron chi connectivity index (χ3n) is 3.34. The second-order valence-corrected chi connectivity index (χ2v) is 4.97. The fourth-order valence-corrected chi connectivity index (χ4v) is 2.01. The van der Waals surface area contributed by atoms with Crippen molar-refractivity contribution < 1.29 is 10.0 Å². The summed E-state index contributed by atoms with van der Waals surface area (Å²) in [5, 5.41) is 19.8. The van der Waals surface area contributed by atoms with E-state index >= 15 is 0 Å². The summed E-state index contributed by atoms with van der Waals surface area (Å²) in [6, 6.07) is 1.75. The van der Waals surface area contributed by atoms with E-state index < -0.39 is 0 Å². The third kappa shape index (κ3) is 4.14. The van der Waals surface area contributed by atoms with Crippen molar-refractivity contribution in [2.75, 3.05) is 13.1 Å². The van der Waals surface area contributed by atoms with Crippen LogP contribution in [-0.2, 0) is 6.42 Å². The number of aryl methyl sites for hydroxylation is 2. The molecule has 0 aromatic carbocycles. The van der Waals surface area contributed by atoms with Crippen molar-refractivity contribution in [2.45, 2.75) is 34.1 Å². The van der Waals surface area contributed by atoms with E-state index in [9.17, 15) is 4.79 Å². The zero-order chi connectivity index (χ0) is 16.0. The van der Waals surface area contributed by atoms with Gasteiger partial charge in [0.15, 0.2) is 0 Å². The van der Waals surface area contributed by atoms with Crippen molar-refractivity contribution in [3.05, 3.63) is 23.0 Å². The highest BCUT2D eigenvalue weighted by Crippen LogP contribution is 2.12. The summed E-state index contributed by atoms with van der Waals surface area (Å²) in [6.45, 7) is 8.36. The predicted octanol–water partition coefficient (Wildman–Crippen LogP) is 1.19. The first-order chi connectivity index (χ1) is 9.94. The van der Waals surface area contributed by atoms with Gasteiger partial charge >= 0.3 is 0 Å². The molecular weight excluding hydrogens is 270 g/mol. The highest BCUT2D eigenvalue weighted by atomic mass is 16.4. The molecular formula is C14H23N5O2. The van der Waals surface area contributed by atoms with E-state index in [4.69, 9.17) is 10.9 Å². The average molecular weight is 293 g/mol. The normalized spacial score (nSPS) is 13.0. The molecule has 0 radical (unpaired) electrons. The van der Waals surface area contributed by atoms with Crippen molar-refractivity contribution in [2.24, 2.45) is 16.8 Å². The second kappa shape index (κ2) is 7.56. The van der Waals surface area contributed by atoms with Crippen LogP contribution >= 0.6 is 0 Å². The Morgan fingerprint density at radius 1 is 1.48 bits per heavy atom. The highest BCUT2D eigenvalue weighted by Gasteiger charge is 2.21. The molecule has 0 aliphatic carbocycles. The van der Waals surface area contributed by atoms with Gasteiger partial charge in [0.05, 0.1) is 17.0 Å². The van der Waals surface area contributed by atoms with Crippen LogP contribution in [0.15, 0.2) is 11.2 Å². The topological polar surface area (TPSA) is 105 Å². The molecule has 1 aromatic heterocycles. The molecule has 7 nitrogen and oxygen atoms in total. The van der Waals surface area contributed by atoms with Crippen LogP contribution < -0.4 is 5.73 Å². The Morgan fingerprint density at radius 3 is 2.67 bits per heavy atom. The molecule has 116 valence electrons. The second-order valence-electron chi connectivity index (χ2n) is 4.97. The van der Waals surface area contributed by atoms with Gasteiger partial charge in [0.1, 0.15) is 5.84 Å². The molecule has 1 aromatic rings. The molecule has 0 saturated heterocycles. The van der Waals surface area contributed by atoms with Crippen LogP contribution in [0.3, 0.4) is 0 Å². The van der Waals surface area contributed by atoms with Gasteiger partial charge in [0.2, 0.25) is 0 Å². The molecule has 0 saturated carbocycles. The minimum absolute atomic E-state index is 0.107. The van der Waals surface area contributed by atoms with E-state index in [-0.39, 0.29) is 17.7 Å². The number of amides is 1. The number of rotatable bonds is 6. The maximum atomic E-state index is 12.7. The van der Waals surface area contributed by atoms with Gasteiger partial charge in [-0.3, -0.25) is 4.79 Å². The van der Waals surface area contributed by atoms with Gasteiger partial charge in [0.25, 0.3) is 5.91 Å². The van der Waals surface area contributed by atoms with Gasteiger partial charge in [0, 0.05) is 19.0 Å². The van der Waals surface area contributed by atoms with Gasteiger partial charge in [-0.05, 0) is 26.3 Å². The molecule has 3 N–H and O–H groups in total. The maximum Gasteiger partial charge on any atom is 0.255 e. The fourth-order valence-electron chi connectivity index (χ4n) is 2.01. The maximum absolute atomic E-state index is 12.7. The van der Waals surface area contributed by atoms with Crippen LogP contribution in [0.25, 0.3) is 0 Å². The first kappa shape index (κ1) is 16.9. The fraction of sp³-hybridized carbons (Fsp3) is 0.571. The van der Waals surface area contributed by atoms with E-state index in [0.717, 1.165) is 0 Å². The van der Waals surface area contributed by atoms with Gasteiger partial charge in [-0.25, -0.2) is 0 Å². The van der Waals surface area contributed by atoms with Gasteiger partial charge in [-0.15, -0.1) is 0 Å². The molecule has 1 rings (SSSR count). The number of nitrogens with two attached hydrogens (primary N) is 1. The average Bonchev–Trinajstić information content (AvgIpc) is 2.50. The van der Waals surface area contributed by atoms with E-state index in [1.54, 1.807) is 17.9 Å². The summed E-state index contributed by atoms with van der Waals surface area (Å²) in [5.41, 5.74) is 7.53. The lowest BCUT2D eigenvalue weighted by Crippen LogP contribution is -2.39. The SMILES string of the molecule is CCc1nnc(C)cc1C(=O)N(CC)CC(C)/C(N)=N/O. The van der Waals surface area contributed by atoms with E-state index in [1.165, 1.54) is 0 Å². The molecule has 0 aliphatic rings. The zero-order valence-electron chi connectivity index (χ0n) is 13.0. The number of hydrogen-bond donors (Lipinski definition) is 2. The number of nitrogens with zero attached hydrogens (tertiary/aromatic N) is 4. The number of aromatic nitrogens is 2. The monoisotopic (exact) mass is 293 g/mol. The number of oxime groups is 1. The van der Waals surface area contributed by atoms with Crippen LogP contribution in [-0.4, -0.2) is 45.1 Å². The summed E-state index contributed by atoms with van der Waals surface area (Å²) in [6.07, 6.45) is 0.641. The molecule has 1 atom stereocenters. The van der Waals surface area contributed by atoms with Crippen molar-refractivity contribution in [3.63, 3.8) is 0 Å². The van der Waals surface area contributed by atoms with Crippen molar-refractivity contribution in [3.8, 4) is 0 Å². The summed E-state index contributed by atoms with van der Waals surface area (Å²) < 4.78 is 0. The lowest BCUT2D eigenvalue weighted by molar-refractivity contribution is 0.0751. The summed E-state index contributed by atoms with van der Waals surface area (Å²) in [7, 11) is 0. The first-order valence-electron chi connectivity index (χ1n) is 7.04. The molecule has 0 spiro atoms. The molecule has 1 unspecified atom stereocenters. The smallest absolute Gasteiger partial charge is 0.255 e. The van der Waals surface area contributed by atoms with Crippen LogP contribution in [0.5, 0.6) is 0 Å². The van der Waals surface area contributed by atoms with Gasteiger partial charge < -0.3 is 15.8 Å². The first-order valence-corrected chi connectivity index (χ1v) is 7.04. The number of carbonyl (C=O) groups excluding carboxylic acids is 1. The minimum atomic E-state index is -0.222. The largest absolute Gasteiger partial charge is 0.409 e. The quantitative estimate of drug-likeness (QED) is 0.355. The van der Waals surface area contributed by atoms with E-state index in [0.29, 0.717) is 36.5 Å². The van der Waals surface area contributed by atoms with E-state index in [1.807, 2.05) is 20.8 Å². The van der Waals surface area contributed by atoms with Crippen LogP contribution in [0.4, 0.5) is 0 Å². The minimum Gasteiger partial charge on any atom is -0.409 e. The van der Waals surface area contributed by atoms with Crippen molar-refractivity contribution in [1.29, 1.82) is 0 Å². The van der Waals surface area contributed by atoms with Crippen LogP contribution in [0, 0.1) is 12.8 Å². The highest BCUT2D eigenvalue weighted by molar-refractivity contribution is 5.95. The van der Waals surface area contributed by atoms with Gasteiger partial charge in [-0.2, -0.15) is 10.2 Å². The van der Waals surface area contributed by atoms with Crippen LogP contribution in [0.1, 0.15) is 42.5 Å². The summed E-state index contributed by atoms with van der Waals surface area (Å²) >= 11 is 0. The predicted molar refractivity (Wildman–Crippen MR) is 80.3 cm³/mol. The molecule has 1 amide bonds. The molecule has 0 fully saturated rings. The Balaban J connectivity index is 3.01. The lowest BCUT2D eigenvalue weighted by atomic mass is 10.1. The Kier molecular flexibility index (Phi) is 6.08. The Labute approximate surface area is 124 Å². The van der Waals surface area contributed by atoms with Gasteiger partial charge in [-0.1, -0.05) is 19.0 Å². The summed E-state index contributed by atoms with van der Waals surface area (Å²) in [4.78, 5) is 14.3. The lowest BCUT2D eigenvalue weighted by Gasteiger charge is -2.24. The standard InChI is InChI=1S/C14H23N5O2/c1-5-12-11(7-10(4)16-17-12)14(20)19(6-2)8-9(3)13(15)18-21/h7,9,21H,5-6,8H2,1-4H3,(H2,15,18). The number of carbonyl (C=O) groups is 1. The van der Waals surface area contributed by atoms with Crippen LogP contribution in [0.2, 0.25) is 0 Å². The Bertz CT molecular complexity index is 530. The summed E-state index contributed by atoms with van der Waals surface area (Å²) in [5.74, 6) is -0.217. The molecule has 0 bridgehead atoms. The van der Waals surface area contributed by atoms with E-state index in [2.05, 4.69) is 15.4 Å². The Morgan fingerprint density at radius 2 is 2.14 bits per heavy atom. The third-order valence-corrected chi connectivity index (χ3v) is 3.34.